The summed E-state index contributed by atoms with van der Waals surface area (Å²) in [5.41, 5.74) is 3.88. The number of anilines is 1. The highest BCUT2D eigenvalue weighted by Gasteiger charge is 2.56. The average molecular weight is 599 g/mol. The number of aliphatic hydroxyl groups is 1. The summed E-state index contributed by atoms with van der Waals surface area (Å²) in [6.07, 6.45) is -3.22. The van der Waals surface area contributed by atoms with Crippen LogP contribution in [0.15, 0.2) is 36.7 Å². The Morgan fingerprint density at radius 3 is 2.67 bits per heavy atom. The molecule has 4 N–H and O–H groups in total. The first kappa shape index (κ1) is 30.0. The second-order valence-corrected chi connectivity index (χ2v) is 12.7. The Labute approximate surface area is 235 Å². The Hall–Kier alpha value is -2.94. The van der Waals surface area contributed by atoms with Crippen LogP contribution < -0.4 is 20.1 Å². The van der Waals surface area contributed by atoms with Crippen molar-refractivity contribution >= 4 is 41.5 Å². The number of nitrogens with zero attached hydrogens (tertiary/aromatic N) is 4. The van der Waals surface area contributed by atoms with E-state index in [1.54, 1.807) is 51.1 Å². The lowest BCUT2D eigenvalue weighted by Gasteiger charge is -2.28. The number of ether oxygens (including phenoxy) is 3. The zero-order valence-corrected chi connectivity index (χ0v) is 24.3. The molecule has 13 nitrogen and oxygen atoms in total. The number of benzene rings is 1. The molecule has 0 aliphatic carbocycles. The standard InChI is InChI=1S/C24H32FN6O7PS/c1-13(2)36-21(33)14(3)30-39(40,38-15-9-7-6-8-10-15)35-11-16-18(32)24(4,25)22(37-16)31-12-27-17-19(31)28-23(26)29-20(17)34-5/h6-10,12-14,16,18,22,32H,11H2,1-5H3,(H,30,40)(H2,26,28,29)/t14-,16-,18-,22-,24-,39-/m1/s1. The second kappa shape index (κ2) is 11.9. The second-order valence-electron chi connectivity index (χ2n) is 9.57. The fourth-order valence-corrected chi connectivity index (χ4v) is 6.49. The van der Waals surface area contributed by atoms with Gasteiger partial charge in [-0.1, -0.05) is 18.2 Å². The number of aromatic nitrogens is 4. The Morgan fingerprint density at radius 2 is 2.02 bits per heavy atom. The van der Waals surface area contributed by atoms with Gasteiger partial charge in [-0.15, -0.1) is 0 Å². The summed E-state index contributed by atoms with van der Waals surface area (Å²) in [6.45, 7) is 2.37. The van der Waals surface area contributed by atoms with Crippen LogP contribution in [0, 0.1) is 0 Å². The normalized spacial score (nSPS) is 25.1. The van der Waals surface area contributed by atoms with Gasteiger partial charge in [-0.05, 0) is 51.6 Å². The smallest absolute Gasteiger partial charge is 0.323 e. The first-order valence-electron chi connectivity index (χ1n) is 12.4. The van der Waals surface area contributed by atoms with Crippen molar-refractivity contribution in [2.24, 2.45) is 0 Å². The Bertz CT molecular complexity index is 1390. The van der Waals surface area contributed by atoms with Crippen molar-refractivity contribution in [2.75, 3.05) is 19.5 Å². The highest BCUT2D eigenvalue weighted by atomic mass is 32.5. The summed E-state index contributed by atoms with van der Waals surface area (Å²) in [4.78, 5) is 24.8. The van der Waals surface area contributed by atoms with Gasteiger partial charge >= 0.3 is 12.6 Å². The zero-order chi connectivity index (χ0) is 29.2. The molecule has 1 fully saturated rings. The van der Waals surface area contributed by atoms with Crippen molar-refractivity contribution < 1.29 is 37.5 Å². The molecule has 4 rings (SSSR count). The number of aliphatic hydroxyl groups excluding tert-OH is 1. The van der Waals surface area contributed by atoms with Crippen molar-refractivity contribution in [3.8, 4) is 11.6 Å². The van der Waals surface area contributed by atoms with E-state index in [4.69, 9.17) is 40.8 Å². The third-order valence-corrected chi connectivity index (χ3v) is 8.50. The number of alkyl halides is 1. The van der Waals surface area contributed by atoms with Gasteiger partial charge in [0.15, 0.2) is 23.1 Å². The van der Waals surface area contributed by atoms with Crippen LogP contribution in [0.2, 0.25) is 0 Å². The molecule has 0 radical (unpaired) electrons. The van der Waals surface area contributed by atoms with E-state index in [9.17, 15) is 9.90 Å². The molecule has 16 heteroatoms. The van der Waals surface area contributed by atoms with Crippen molar-refractivity contribution in [2.45, 2.75) is 63.9 Å². The molecule has 1 aliphatic heterocycles. The summed E-state index contributed by atoms with van der Waals surface area (Å²) in [5.74, 6) is -0.170. The number of esters is 1. The minimum Gasteiger partial charge on any atom is -0.479 e. The summed E-state index contributed by atoms with van der Waals surface area (Å²) < 4.78 is 45.6. The molecule has 2 aromatic heterocycles. The molecule has 0 spiro atoms. The summed E-state index contributed by atoms with van der Waals surface area (Å²) in [7, 11) is 1.39. The molecule has 1 aliphatic rings. The number of carbonyl (C=O) groups excluding carboxylic acids is 1. The van der Waals surface area contributed by atoms with Crippen LogP contribution in [0.3, 0.4) is 0 Å². The topological polar surface area (TPSA) is 165 Å². The third kappa shape index (κ3) is 6.35. The van der Waals surface area contributed by atoms with E-state index >= 15 is 4.39 Å². The van der Waals surface area contributed by atoms with Gasteiger partial charge in [0, 0.05) is 0 Å². The number of nitrogens with two attached hydrogens (primary N) is 1. The number of para-hydroxylation sites is 1. The van der Waals surface area contributed by atoms with Gasteiger partial charge < -0.3 is 34.1 Å². The fourth-order valence-electron chi connectivity index (χ4n) is 4.08. The van der Waals surface area contributed by atoms with Crippen LogP contribution in [-0.4, -0.2) is 74.3 Å². The molecule has 3 aromatic rings. The molecule has 40 heavy (non-hydrogen) atoms. The largest absolute Gasteiger partial charge is 0.479 e. The minimum atomic E-state index is -3.46. The molecule has 0 unspecified atom stereocenters. The third-order valence-electron chi connectivity index (χ3n) is 6.00. The van der Waals surface area contributed by atoms with E-state index in [-0.39, 0.29) is 35.7 Å². The maximum Gasteiger partial charge on any atom is 0.323 e. The SMILES string of the molecule is COc1nc(N)nc2c1ncn2[C@@H]1O[C@H](CO[P@](=S)(N[C@H](C)C(=O)OC(C)C)Oc2ccccc2)[C@@H](O)[C@@]1(C)F. The van der Waals surface area contributed by atoms with Gasteiger partial charge in [0.2, 0.25) is 11.8 Å². The van der Waals surface area contributed by atoms with Crippen LogP contribution in [0.25, 0.3) is 11.2 Å². The molecule has 218 valence electrons. The van der Waals surface area contributed by atoms with Gasteiger partial charge in [0.05, 0.1) is 26.1 Å². The number of nitrogen functional groups attached to an aromatic ring is 1. The Balaban J connectivity index is 1.56. The van der Waals surface area contributed by atoms with Crippen molar-refractivity contribution in [1.82, 2.24) is 24.6 Å². The van der Waals surface area contributed by atoms with Gasteiger partial charge in [-0.25, -0.2) is 14.5 Å². The van der Waals surface area contributed by atoms with Gasteiger partial charge in [-0.3, -0.25) is 9.36 Å². The fraction of sp³-hybridized carbons (Fsp3) is 0.500. The van der Waals surface area contributed by atoms with Crippen LogP contribution in [0.1, 0.15) is 33.9 Å². The number of fused-ring (bicyclic) bond motifs is 1. The Morgan fingerprint density at radius 1 is 1.32 bits per heavy atom. The van der Waals surface area contributed by atoms with Gasteiger partial charge in [-0.2, -0.15) is 9.97 Å². The van der Waals surface area contributed by atoms with Gasteiger partial charge in [0.25, 0.3) is 0 Å². The van der Waals surface area contributed by atoms with E-state index in [0.29, 0.717) is 5.75 Å². The number of hydrogen-bond donors (Lipinski definition) is 3. The van der Waals surface area contributed by atoms with Crippen LogP contribution in [-0.2, 0) is 30.6 Å². The number of halogens is 1. The van der Waals surface area contributed by atoms with Crippen molar-refractivity contribution in [3.63, 3.8) is 0 Å². The molecule has 0 amide bonds. The molecule has 0 bridgehead atoms. The first-order valence-corrected chi connectivity index (χ1v) is 15.0. The van der Waals surface area contributed by atoms with E-state index in [1.165, 1.54) is 24.9 Å². The maximum atomic E-state index is 16.0. The number of nitrogens with one attached hydrogen (secondary N) is 1. The lowest BCUT2D eigenvalue weighted by Crippen LogP contribution is -2.41. The number of imidazole rings is 1. The molecular weight excluding hydrogens is 566 g/mol. The van der Waals surface area contributed by atoms with E-state index < -0.39 is 42.8 Å². The van der Waals surface area contributed by atoms with E-state index in [2.05, 4.69) is 20.0 Å². The molecule has 1 aromatic carbocycles. The lowest BCUT2D eigenvalue weighted by molar-refractivity contribution is -0.149. The predicted octanol–water partition coefficient (Wildman–Crippen LogP) is 2.65. The van der Waals surface area contributed by atoms with Crippen LogP contribution in [0.4, 0.5) is 10.3 Å². The molecular formula is C24H32FN6O7PS. The molecule has 1 saturated heterocycles. The van der Waals surface area contributed by atoms with Crippen LogP contribution in [0.5, 0.6) is 11.6 Å². The summed E-state index contributed by atoms with van der Waals surface area (Å²) >= 11 is 5.69. The molecule has 3 heterocycles. The minimum absolute atomic E-state index is 0.107. The van der Waals surface area contributed by atoms with E-state index in [1.807, 2.05) is 0 Å². The van der Waals surface area contributed by atoms with Crippen molar-refractivity contribution in [3.05, 3.63) is 36.7 Å². The first-order chi connectivity index (χ1) is 18.8. The maximum absolute atomic E-state index is 16.0. The molecule has 6 atom stereocenters. The molecule has 0 saturated carbocycles. The average Bonchev–Trinajstić information content (AvgIpc) is 3.40. The quantitative estimate of drug-likeness (QED) is 0.218. The Kier molecular flexibility index (Phi) is 8.93. The van der Waals surface area contributed by atoms with Crippen molar-refractivity contribution in [1.29, 1.82) is 0 Å². The number of methoxy groups -OCH3 is 1. The monoisotopic (exact) mass is 598 g/mol. The number of rotatable bonds is 11. The lowest BCUT2D eigenvalue weighted by atomic mass is 9.98. The highest BCUT2D eigenvalue weighted by Crippen LogP contribution is 2.48. The zero-order valence-electron chi connectivity index (χ0n) is 22.6. The number of carbonyl (C=O) groups is 1. The summed E-state index contributed by atoms with van der Waals surface area (Å²) in [6, 6.07) is 7.74. The highest BCUT2D eigenvalue weighted by molar-refractivity contribution is 8.09. The predicted molar refractivity (Wildman–Crippen MR) is 147 cm³/mol. The van der Waals surface area contributed by atoms with Gasteiger partial charge in [0.1, 0.15) is 24.0 Å². The van der Waals surface area contributed by atoms with Crippen LogP contribution >= 0.6 is 6.64 Å². The summed E-state index contributed by atoms with van der Waals surface area (Å²) in [5, 5.41) is 13.8. The van der Waals surface area contributed by atoms with E-state index in [0.717, 1.165) is 0 Å². The number of hydrogen-bond acceptors (Lipinski definition) is 12.